The summed E-state index contributed by atoms with van der Waals surface area (Å²) in [5.74, 6) is 0.559. The van der Waals surface area contributed by atoms with Gasteiger partial charge < -0.3 is 0 Å². The normalized spacial score (nSPS) is 18.4. The Labute approximate surface area is 118 Å². The molecule has 19 heavy (non-hydrogen) atoms. The number of amides is 1. The summed E-state index contributed by atoms with van der Waals surface area (Å²) in [6, 6.07) is 6.60. The molecule has 3 rings (SSSR count). The lowest BCUT2D eigenvalue weighted by Gasteiger charge is -2.25. The first-order valence-electron chi connectivity index (χ1n) is 7.01. The topological polar surface area (TPSA) is 29.5 Å². The monoisotopic (exact) mass is 277 g/mol. The minimum absolute atomic E-state index is 0.0881. The molecule has 1 aromatic rings. The number of hydroxylamine groups is 2. The van der Waals surface area contributed by atoms with E-state index in [2.05, 4.69) is 18.2 Å². The molecule has 2 aliphatic rings. The molecule has 0 unspecified atom stereocenters. The first kappa shape index (κ1) is 13.0. The second-order valence-corrected chi connectivity index (χ2v) is 6.16. The molecule has 1 saturated heterocycles. The molecule has 0 spiro atoms. The van der Waals surface area contributed by atoms with Gasteiger partial charge in [-0.3, -0.25) is 9.63 Å². The van der Waals surface area contributed by atoms with Crippen molar-refractivity contribution in [2.45, 2.75) is 37.0 Å². The Bertz CT molecular complexity index is 469. The first-order valence-corrected chi connectivity index (χ1v) is 7.99. The van der Waals surface area contributed by atoms with Crippen LogP contribution in [0.15, 0.2) is 23.1 Å². The number of benzene rings is 1. The van der Waals surface area contributed by atoms with Crippen LogP contribution in [0.5, 0.6) is 0 Å². The number of aryl methyl sites for hydroxylation is 2. The zero-order valence-corrected chi connectivity index (χ0v) is 11.9. The van der Waals surface area contributed by atoms with Crippen molar-refractivity contribution in [3.8, 4) is 0 Å². The average Bonchev–Trinajstić information content (AvgIpc) is 2.93. The van der Waals surface area contributed by atoms with E-state index in [1.54, 1.807) is 11.8 Å². The molecule has 0 aromatic heterocycles. The van der Waals surface area contributed by atoms with Gasteiger partial charge in [-0.2, -0.15) is 0 Å². The van der Waals surface area contributed by atoms with Crippen LogP contribution in [0.2, 0.25) is 0 Å². The Kier molecular flexibility index (Phi) is 4.09. The van der Waals surface area contributed by atoms with E-state index in [0.29, 0.717) is 12.4 Å². The van der Waals surface area contributed by atoms with Gasteiger partial charge in [0.05, 0.1) is 12.4 Å². The minimum atomic E-state index is 0.0881. The van der Waals surface area contributed by atoms with Crippen LogP contribution in [0.1, 0.15) is 30.4 Å². The number of hydrogen-bond donors (Lipinski definition) is 0. The van der Waals surface area contributed by atoms with Crippen molar-refractivity contribution in [2.24, 2.45) is 0 Å². The van der Waals surface area contributed by atoms with Gasteiger partial charge >= 0.3 is 0 Å². The maximum atomic E-state index is 12.0. The number of nitrogens with zero attached hydrogens (tertiary/aromatic N) is 1. The van der Waals surface area contributed by atoms with E-state index in [0.717, 1.165) is 19.4 Å². The van der Waals surface area contributed by atoms with E-state index in [9.17, 15) is 4.79 Å². The summed E-state index contributed by atoms with van der Waals surface area (Å²) >= 11 is 1.62. The quantitative estimate of drug-likeness (QED) is 0.796. The molecule has 4 heteroatoms. The molecule has 0 N–H and O–H groups in total. The second-order valence-electron chi connectivity index (χ2n) is 5.11. The summed E-state index contributed by atoms with van der Waals surface area (Å²) in [5, 5.41) is 1.53. The third kappa shape index (κ3) is 3.12. The van der Waals surface area contributed by atoms with Crippen LogP contribution >= 0.6 is 11.8 Å². The molecule has 1 fully saturated rings. The highest BCUT2D eigenvalue weighted by atomic mass is 32.2. The van der Waals surface area contributed by atoms with E-state index in [-0.39, 0.29) is 5.91 Å². The summed E-state index contributed by atoms with van der Waals surface area (Å²) in [7, 11) is 0. The highest BCUT2D eigenvalue weighted by molar-refractivity contribution is 8.00. The zero-order chi connectivity index (χ0) is 13.1. The highest BCUT2D eigenvalue weighted by Crippen LogP contribution is 2.27. The van der Waals surface area contributed by atoms with Crippen LogP contribution in [0.4, 0.5) is 0 Å². The van der Waals surface area contributed by atoms with Crippen molar-refractivity contribution >= 4 is 17.7 Å². The van der Waals surface area contributed by atoms with Gasteiger partial charge in [0.2, 0.25) is 0 Å². The lowest BCUT2D eigenvalue weighted by molar-refractivity contribution is -0.194. The molecule has 1 heterocycles. The van der Waals surface area contributed by atoms with Crippen LogP contribution in [-0.2, 0) is 22.5 Å². The van der Waals surface area contributed by atoms with Gasteiger partial charge in [0.1, 0.15) is 0 Å². The third-order valence-electron chi connectivity index (χ3n) is 3.71. The van der Waals surface area contributed by atoms with Crippen LogP contribution in [0.25, 0.3) is 0 Å². The first-order chi connectivity index (χ1) is 9.33. The van der Waals surface area contributed by atoms with Gasteiger partial charge in [0, 0.05) is 11.4 Å². The number of hydrogen-bond acceptors (Lipinski definition) is 3. The van der Waals surface area contributed by atoms with Crippen molar-refractivity contribution in [1.29, 1.82) is 0 Å². The molecule has 1 aliphatic carbocycles. The Balaban J connectivity index is 1.55. The summed E-state index contributed by atoms with van der Waals surface area (Å²) in [4.78, 5) is 18.6. The fourth-order valence-corrected chi connectivity index (χ4v) is 3.47. The van der Waals surface area contributed by atoms with Crippen molar-refractivity contribution in [2.75, 3.05) is 18.9 Å². The molecule has 1 amide bonds. The maximum Gasteiger partial charge on any atom is 0.256 e. The highest BCUT2D eigenvalue weighted by Gasteiger charge is 2.18. The fraction of sp³-hybridized carbons (Fsp3) is 0.533. The van der Waals surface area contributed by atoms with Crippen molar-refractivity contribution in [1.82, 2.24) is 5.06 Å². The second kappa shape index (κ2) is 5.97. The lowest BCUT2D eigenvalue weighted by Crippen LogP contribution is -2.36. The Morgan fingerprint density at radius 2 is 2.11 bits per heavy atom. The molecular formula is C15H19NO2S. The SMILES string of the molecule is O=C(CSc1ccc2c(c1)CCC2)N1CCCCO1. The standard InChI is InChI=1S/C15H19NO2S/c17-15(16-8-1-2-9-18-16)11-19-14-7-6-12-4-3-5-13(12)10-14/h6-7,10H,1-5,8-9,11H2. The fourth-order valence-electron chi connectivity index (χ4n) is 2.65. The molecule has 1 aliphatic heterocycles. The molecule has 0 atom stereocenters. The lowest BCUT2D eigenvalue weighted by atomic mass is 10.1. The third-order valence-corrected chi connectivity index (χ3v) is 4.69. The summed E-state index contributed by atoms with van der Waals surface area (Å²) in [6.45, 7) is 1.42. The van der Waals surface area contributed by atoms with Gasteiger partial charge in [-0.05, 0) is 55.4 Å². The Morgan fingerprint density at radius 3 is 2.95 bits per heavy atom. The zero-order valence-electron chi connectivity index (χ0n) is 11.1. The number of thioether (sulfide) groups is 1. The Morgan fingerprint density at radius 1 is 1.21 bits per heavy atom. The van der Waals surface area contributed by atoms with Gasteiger partial charge in [-0.15, -0.1) is 11.8 Å². The molecule has 0 saturated carbocycles. The molecule has 3 nitrogen and oxygen atoms in total. The van der Waals surface area contributed by atoms with Gasteiger partial charge in [0.25, 0.3) is 5.91 Å². The number of carbonyl (C=O) groups excluding carboxylic acids is 1. The minimum Gasteiger partial charge on any atom is -0.272 e. The van der Waals surface area contributed by atoms with Gasteiger partial charge in [-0.1, -0.05) is 6.07 Å². The summed E-state index contributed by atoms with van der Waals surface area (Å²) in [5.41, 5.74) is 2.95. The van der Waals surface area contributed by atoms with Gasteiger partial charge in [0.15, 0.2) is 0 Å². The van der Waals surface area contributed by atoms with Gasteiger partial charge in [-0.25, -0.2) is 5.06 Å². The van der Waals surface area contributed by atoms with E-state index in [4.69, 9.17) is 4.84 Å². The number of carbonyl (C=O) groups is 1. The van der Waals surface area contributed by atoms with E-state index in [1.807, 2.05) is 0 Å². The number of rotatable bonds is 3. The molecule has 1 aromatic carbocycles. The van der Waals surface area contributed by atoms with Crippen molar-refractivity contribution < 1.29 is 9.63 Å². The van der Waals surface area contributed by atoms with Crippen molar-refractivity contribution in [3.63, 3.8) is 0 Å². The molecule has 0 radical (unpaired) electrons. The predicted octanol–water partition coefficient (Wildman–Crippen LogP) is 2.82. The van der Waals surface area contributed by atoms with E-state index < -0.39 is 0 Å². The maximum absolute atomic E-state index is 12.0. The van der Waals surface area contributed by atoms with Crippen LogP contribution in [0.3, 0.4) is 0 Å². The molecule has 0 bridgehead atoms. The molecule has 102 valence electrons. The number of fused-ring (bicyclic) bond motifs is 1. The van der Waals surface area contributed by atoms with E-state index >= 15 is 0 Å². The Hall–Kier alpha value is -1.00. The van der Waals surface area contributed by atoms with Crippen LogP contribution in [0, 0.1) is 0 Å². The van der Waals surface area contributed by atoms with Crippen molar-refractivity contribution in [3.05, 3.63) is 29.3 Å². The smallest absolute Gasteiger partial charge is 0.256 e. The van der Waals surface area contributed by atoms with E-state index in [1.165, 1.54) is 40.3 Å². The van der Waals surface area contributed by atoms with Crippen LogP contribution in [-0.4, -0.2) is 29.9 Å². The largest absolute Gasteiger partial charge is 0.272 e. The average molecular weight is 277 g/mol. The molecular weight excluding hydrogens is 258 g/mol. The summed E-state index contributed by atoms with van der Waals surface area (Å²) < 4.78 is 0. The summed E-state index contributed by atoms with van der Waals surface area (Å²) in [6.07, 6.45) is 5.77. The predicted molar refractivity (Wildman–Crippen MR) is 76.1 cm³/mol. The van der Waals surface area contributed by atoms with Crippen LogP contribution < -0.4 is 0 Å².